The van der Waals surface area contributed by atoms with Gasteiger partial charge < -0.3 is 9.47 Å². The maximum atomic E-state index is 14.5. The molecular weight excluding hydrogens is 616 g/mol. The lowest BCUT2D eigenvalue weighted by Crippen LogP contribution is -2.37. The Bertz CT molecular complexity index is 1490. The maximum absolute atomic E-state index is 14.5. The summed E-state index contributed by atoms with van der Waals surface area (Å²) < 4.78 is 122. The predicted molar refractivity (Wildman–Crippen MR) is 161 cm³/mol. The second-order valence-corrected chi connectivity index (χ2v) is 12.7. The highest BCUT2D eigenvalue weighted by atomic mass is 19.3. The van der Waals surface area contributed by atoms with Crippen molar-refractivity contribution in [1.82, 2.24) is 0 Å². The molecule has 1 saturated carbocycles. The van der Waals surface area contributed by atoms with Crippen LogP contribution in [0.3, 0.4) is 0 Å². The summed E-state index contributed by atoms with van der Waals surface area (Å²) in [6.07, 6.45) is 1.94. The molecule has 2 unspecified atom stereocenters. The quantitative estimate of drug-likeness (QED) is 0.236. The smallest absolute Gasteiger partial charge is 0.400 e. The van der Waals surface area contributed by atoms with Crippen molar-refractivity contribution in [3.63, 3.8) is 0 Å². The monoisotopic (exact) mass is 656 g/mol. The largest absolute Gasteiger partial charge is 0.429 e. The highest BCUT2D eigenvalue weighted by Crippen LogP contribution is 2.40. The van der Waals surface area contributed by atoms with Crippen LogP contribution < -0.4 is 4.74 Å². The van der Waals surface area contributed by atoms with E-state index in [1.54, 1.807) is 0 Å². The van der Waals surface area contributed by atoms with Gasteiger partial charge in [-0.25, -0.2) is 22.0 Å². The Hall–Kier alpha value is -3.14. The van der Waals surface area contributed by atoms with Crippen LogP contribution in [0.1, 0.15) is 75.5 Å². The van der Waals surface area contributed by atoms with Crippen LogP contribution in [0.2, 0.25) is 0 Å². The Morgan fingerprint density at radius 1 is 0.674 bits per heavy atom. The molecule has 1 aliphatic heterocycles. The number of benzene rings is 3. The summed E-state index contributed by atoms with van der Waals surface area (Å²) >= 11 is 0. The number of ether oxygens (including phenoxy) is 2. The summed E-state index contributed by atoms with van der Waals surface area (Å²) in [5.74, 6) is -7.75. The van der Waals surface area contributed by atoms with Crippen molar-refractivity contribution in [2.24, 2.45) is 17.8 Å². The van der Waals surface area contributed by atoms with Gasteiger partial charge in [-0.1, -0.05) is 50.1 Å². The molecular formula is C36H40F8O2. The molecule has 0 amide bonds. The van der Waals surface area contributed by atoms with Crippen LogP contribution in [-0.4, -0.2) is 18.8 Å². The van der Waals surface area contributed by atoms with Crippen LogP contribution in [0.4, 0.5) is 35.1 Å². The summed E-state index contributed by atoms with van der Waals surface area (Å²) in [5.41, 5.74) is -0.113. The average molecular weight is 657 g/mol. The van der Waals surface area contributed by atoms with E-state index in [9.17, 15) is 35.1 Å². The minimum Gasteiger partial charge on any atom is -0.429 e. The van der Waals surface area contributed by atoms with Gasteiger partial charge in [0.25, 0.3) is 0 Å². The van der Waals surface area contributed by atoms with Crippen LogP contribution in [0, 0.1) is 66.5 Å². The molecule has 2 fully saturated rings. The van der Waals surface area contributed by atoms with Crippen molar-refractivity contribution in [2.45, 2.75) is 91.3 Å². The topological polar surface area (TPSA) is 18.5 Å². The molecule has 3 aromatic rings. The van der Waals surface area contributed by atoms with Gasteiger partial charge in [0.15, 0.2) is 34.8 Å². The van der Waals surface area contributed by atoms with E-state index >= 15 is 0 Å². The van der Waals surface area contributed by atoms with Crippen LogP contribution in [0.5, 0.6) is 5.75 Å². The zero-order valence-electron chi connectivity index (χ0n) is 26.5. The van der Waals surface area contributed by atoms with Gasteiger partial charge in [-0.3, -0.25) is 0 Å². The molecule has 10 heteroatoms. The molecule has 0 spiro atoms. The van der Waals surface area contributed by atoms with E-state index in [0.29, 0.717) is 57.0 Å². The van der Waals surface area contributed by atoms with Gasteiger partial charge in [-0.05, 0) is 93.9 Å². The lowest BCUT2D eigenvalue weighted by Gasteiger charge is -2.32. The second-order valence-electron chi connectivity index (χ2n) is 12.7. The van der Waals surface area contributed by atoms with Crippen molar-refractivity contribution < 1.29 is 44.6 Å². The maximum Gasteiger partial charge on any atom is 0.400 e. The van der Waals surface area contributed by atoms with E-state index in [4.69, 9.17) is 4.74 Å². The summed E-state index contributed by atoms with van der Waals surface area (Å²) in [4.78, 5) is 0. The first-order chi connectivity index (χ1) is 21.7. The fourth-order valence-electron chi connectivity index (χ4n) is 5.90. The van der Waals surface area contributed by atoms with E-state index < -0.39 is 52.7 Å². The summed E-state index contributed by atoms with van der Waals surface area (Å²) in [7, 11) is 0. The van der Waals surface area contributed by atoms with Gasteiger partial charge in [0.2, 0.25) is 5.82 Å². The van der Waals surface area contributed by atoms with E-state index in [1.165, 1.54) is 44.2 Å². The van der Waals surface area contributed by atoms with Gasteiger partial charge in [-0.2, -0.15) is 13.2 Å². The van der Waals surface area contributed by atoms with Crippen LogP contribution in [0.25, 0.3) is 11.1 Å². The number of hydrogen-bond donors (Lipinski definition) is 0. The SMILES string of the molecule is Cc1ccc(-c2ccc(CCC3CCC(C)OC3)c(F)c2F)c(F)c1F.Cc1ccc(OC(F)(F)C2CCC(C)CC2)c(F)c1F. The van der Waals surface area contributed by atoms with Crippen molar-refractivity contribution in [3.05, 3.63) is 88.0 Å². The van der Waals surface area contributed by atoms with E-state index in [0.717, 1.165) is 18.9 Å². The van der Waals surface area contributed by atoms with Crippen LogP contribution in [-0.2, 0) is 11.2 Å². The molecule has 252 valence electrons. The van der Waals surface area contributed by atoms with Crippen molar-refractivity contribution in [3.8, 4) is 16.9 Å². The van der Waals surface area contributed by atoms with Gasteiger partial charge in [0.05, 0.1) is 12.0 Å². The minimum absolute atomic E-state index is 0.0599. The van der Waals surface area contributed by atoms with Crippen LogP contribution >= 0.6 is 0 Å². The standard InChI is InChI=1S/C21H22F4O.C15H18F4O/c1-12-3-9-16(20(24)18(12)22)17-10-8-15(19(23)21(17)25)7-6-14-5-4-13(2)26-11-14;1-9-3-6-11(7-4-9)15(18,19)20-12-8-5-10(2)13(16)14(12)17/h3,8-10,13-14H,4-7,11H2,1-2H3;5,8-9,11H,3-4,6-7H2,1-2H3. The highest BCUT2D eigenvalue weighted by Gasteiger charge is 2.44. The van der Waals surface area contributed by atoms with E-state index in [-0.39, 0.29) is 33.9 Å². The van der Waals surface area contributed by atoms with Gasteiger partial charge in [-0.15, -0.1) is 0 Å². The third-order valence-corrected chi connectivity index (χ3v) is 9.12. The summed E-state index contributed by atoms with van der Waals surface area (Å²) in [6.45, 7) is 7.46. The molecule has 1 heterocycles. The Labute approximate surface area is 265 Å². The van der Waals surface area contributed by atoms with Gasteiger partial charge >= 0.3 is 6.11 Å². The number of aryl methyl sites for hydroxylation is 3. The van der Waals surface area contributed by atoms with Crippen molar-refractivity contribution in [2.75, 3.05) is 6.61 Å². The highest BCUT2D eigenvalue weighted by molar-refractivity contribution is 5.66. The Morgan fingerprint density at radius 3 is 1.85 bits per heavy atom. The molecule has 2 atom stereocenters. The van der Waals surface area contributed by atoms with Gasteiger partial charge in [0.1, 0.15) is 0 Å². The Kier molecular flexibility index (Phi) is 11.8. The number of alkyl halides is 2. The molecule has 1 saturated heterocycles. The molecule has 2 nitrogen and oxygen atoms in total. The lowest BCUT2D eigenvalue weighted by atomic mass is 9.82. The van der Waals surface area contributed by atoms with E-state index in [1.807, 2.05) is 13.8 Å². The minimum atomic E-state index is -3.47. The molecule has 0 aromatic heterocycles. The predicted octanol–water partition coefficient (Wildman–Crippen LogP) is 11.0. The van der Waals surface area contributed by atoms with E-state index in [2.05, 4.69) is 4.74 Å². The lowest BCUT2D eigenvalue weighted by molar-refractivity contribution is -0.224. The van der Waals surface area contributed by atoms with Crippen molar-refractivity contribution >= 4 is 0 Å². The first-order valence-electron chi connectivity index (χ1n) is 15.7. The second kappa shape index (κ2) is 15.2. The number of hydrogen-bond acceptors (Lipinski definition) is 2. The summed E-state index contributed by atoms with van der Waals surface area (Å²) in [6, 6.07) is 7.67. The van der Waals surface area contributed by atoms with Crippen molar-refractivity contribution in [1.29, 1.82) is 0 Å². The molecule has 5 rings (SSSR count). The van der Waals surface area contributed by atoms with Gasteiger partial charge in [0, 0.05) is 17.7 Å². The Balaban J connectivity index is 0.000000216. The third kappa shape index (κ3) is 8.41. The fourth-order valence-corrected chi connectivity index (χ4v) is 5.90. The first-order valence-corrected chi connectivity index (χ1v) is 15.7. The molecule has 46 heavy (non-hydrogen) atoms. The number of rotatable bonds is 7. The first kappa shape index (κ1) is 35.7. The molecule has 2 aliphatic rings. The zero-order valence-corrected chi connectivity index (χ0v) is 26.5. The third-order valence-electron chi connectivity index (χ3n) is 9.12. The molecule has 3 aromatic carbocycles. The normalized spacial score (nSPS) is 21.8. The molecule has 0 bridgehead atoms. The zero-order chi connectivity index (χ0) is 33.8. The summed E-state index contributed by atoms with van der Waals surface area (Å²) in [5, 5.41) is 0. The molecule has 0 N–H and O–H groups in total. The fraction of sp³-hybridized carbons (Fsp3) is 0.500. The Morgan fingerprint density at radius 2 is 1.24 bits per heavy atom. The molecule has 1 aliphatic carbocycles. The average Bonchev–Trinajstić information content (AvgIpc) is 3.03. The number of halogens is 8. The van der Waals surface area contributed by atoms with Crippen LogP contribution in [0.15, 0.2) is 36.4 Å². The molecule has 0 radical (unpaired) electrons.